The molecule has 30 heavy (non-hydrogen) atoms. The van der Waals surface area contributed by atoms with Gasteiger partial charge in [0.25, 0.3) is 11.5 Å². The van der Waals surface area contributed by atoms with E-state index in [-0.39, 0.29) is 17.0 Å². The van der Waals surface area contributed by atoms with Gasteiger partial charge in [0.2, 0.25) is 0 Å². The molecular weight excluding hydrogens is 382 g/mol. The Bertz CT molecular complexity index is 1050. The van der Waals surface area contributed by atoms with Crippen LogP contribution in [-0.2, 0) is 16.0 Å². The van der Waals surface area contributed by atoms with Crippen LogP contribution >= 0.6 is 0 Å². The first kappa shape index (κ1) is 21.7. The van der Waals surface area contributed by atoms with Gasteiger partial charge in [-0.25, -0.2) is 4.98 Å². The quantitative estimate of drug-likeness (QED) is 0.543. The summed E-state index contributed by atoms with van der Waals surface area (Å²) in [5.74, 6) is -0.336. The van der Waals surface area contributed by atoms with Crippen LogP contribution in [0.4, 0.5) is 0 Å². The molecule has 0 spiro atoms. The molecule has 7 nitrogen and oxygen atoms in total. The SMILES string of the molecule is COCCN(CCOC)C(=O)c1cc2cccnc2n(Cc2ccc(C)cc2)c1=O. The normalized spacial score (nSPS) is 11.0. The van der Waals surface area contributed by atoms with Crippen molar-refractivity contribution in [2.45, 2.75) is 13.5 Å². The summed E-state index contributed by atoms with van der Waals surface area (Å²) in [6, 6.07) is 13.3. The topological polar surface area (TPSA) is 73.7 Å². The molecule has 7 heteroatoms. The molecule has 158 valence electrons. The molecule has 2 aromatic heterocycles. The van der Waals surface area contributed by atoms with Crippen LogP contribution in [0.25, 0.3) is 11.0 Å². The summed E-state index contributed by atoms with van der Waals surface area (Å²) in [5, 5.41) is 0.742. The smallest absolute Gasteiger partial charge is 0.265 e. The minimum Gasteiger partial charge on any atom is -0.383 e. The summed E-state index contributed by atoms with van der Waals surface area (Å²) in [6.45, 7) is 3.86. The van der Waals surface area contributed by atoms with E-state index in [9.17, 15) is 9.59 Å². The molecule has 2 heterocycles. The number of carbonyl (C=O) groups is 1. The number of hydrogen-bond acceptors (Lipinski definition) is 5. The molecule has 0 N–H and O–H groups in total. The molecule has 0 radical (unpaired) electrons. The highest BCUT2D eigenvalue weighted by Gasteiger charge is 2.21. The maximum atomic E-state index is 13.4. The number of aromatic nitrogens is 2. The van der Waals surface area contributed by atoms with Crippen molar-refractivity contribution in [2.24, 2.45) is 0 Å². The van der Waals surface area contributed by atoms with E-state index < -0.39 is 0 Å². The second kappa shape index (κ2) is 10.1. The third-order valence-corrected chi connectivity index (χ3v) is 4.96. The summed E-state index contributed by atoms with van der Waals surface area (Å²) in [6.07, 6.45) is 1.65. The fourth-order valence-corrected chi connectivity index (χ4v) is 3.27. The van der Waals surface area contributed by atoms with Gasteiger partial charge in [-0.1, -0.05) is 29.8 Å². The number of pyridine rings is 2. The molecular formula is C23H27N3O4. The molecule has 0 fully saturated rings. The van der Waals surface area contributed by atoms with Crippen molar-refractivity contribution in [3.05, 3.63) is 75.7 Å². The van der Waals surface area contributed by atoms with Crippen LogP contribution < -0.4 is 5.56 Å². The van der Waals surface area contributed by atoms with E-state index in [2.05, 4.69) is 4.98 Å². The number of carbonyl (C=O) groups excluding carboxylic acids is 1. The molecule has 3 rings (SSSR count). The molecule has 0 aliphatic rings. The first-order valence-corrected chi connectivity index (χ1v) is 9.86. The van der Waals surface area contributed by atoms with Crippen molar-refractivity contribution < 1.29 is 14.3 Å². The van der Waals surface area contributed by atoms with Gasteiger partial charge in [-0.3, -0.25) is 14.2 Å². The lowest BCUT2D eigenvalue weighted by atomic mass is 10.1. The average molecular weight is 409 g/mol. The van der Waals surface area contributed by atoms with E-state index in [1.807, 2.05) is 37.3 Å². The van der Waals surface area contributed by atoms with E-state index in [4.69, 9.17) is 9.47 Å². The van der Waals surface area contributed by atoms with Crippen LogP contribution in [0.15, 0.2) is 53.5 Å². The summed E-state index contributed by atoms with van der Waals surface area (Å²) >= 11 is 0. The van der Waals surface area contributed by atoms with Gasteiger partial charge in [0, 0.05) is 38.9 Å². The van der Waals surface area contributed by atoms with E-state index >= 15 is 0 Å². The summed E-state index contributed by atoms with van der Waals surface area (Å²) < 4.78 is 11.8. The van der Waals surface area contributed by atoms with Gasteiger partial charge in [0.1, 0.15) is 11.2 Å². The van der Waals surface area contributed by atoms with Crippen molar-refractivity contribution in [1.82, 2.24) is 14.5 Å². The van der Waals surface area contributed by atoms with Crippen molar-refractivity contribution in [3.8, 4) is 0 Å². The minimum atomic E-state index is -0.355. The monoisotopic (exact) mass is 409 g/mol. The Hall–Kier alpha value is -3.03. The zero-order valence-electron chi connectivity index (χ0n) is 17.6. The molecule has 0 aliphatic heterocycles. The second-order valence-corrected chi connectivity index (χ2v) is 7.13. The summed E-state index contributed by atoms with van der Waals surface area (Å²) in [4.78, 5) is 32.6. The van der Waals surface area contributed by atoms with Crippen LogP contribution in [0.2, 0.25) is 0 Å². The Balaban J connectivity index is 2.06. The molecule has 0 saturated carbocycles. The first-order chi connectivity index (χ1) is 14.5. The largest absolute Gasteiger partial charge is 0.383 e. The fourth-order valence-electron chi connectivity index (χ4n) is 3.27. The lowest BCUT2D eigenvalue weighted by Crippen LogP contribution is -2.40. The number of methoxy groups -OCH3 is 2. The lowest BCUT2D eigenvalue weighted by molar-refractivity contribution is 0.0625. The number of rotatable bonds is 9. The summed E-state index contributed by atoms with van der Waals surface area (Å²) in [5.41, 5.74) is 2.43. The van der Waals surface area contributed by atoms with Crippen LogP contribution in [-0.4, -0.2) is 60.9 Å². The maximum Gasteiger partial charge on any atom is 0.265 e. The first-order valence-electron chi connectivity index (χ1n) is 9.86. The second-order valence-electron chi connectivity index (χ2n) is 7.13. The van der Waals surface area contributed by atoms with Gasteiger partial charge in [0.05, 0.1) is 19.8 Å². The highest BCUT2D eigenvalue weighted by atomic mass is 16.5. The van der Waals surface area contributed by atoms with Crippen molar-refractivity contribution in [2.75, 3.05) is 40.5 Å². The van der Waals surface area contributed by atoms with Crippen LogP contribution in [0.3, 0.4) is 0 Å². The van der Waals surface area contributed by atoms with Crippen LogP contribution in [0, 0.1) is 6.92 Å². The maximum absolute atomic E-state index is 13.4. The Kier molecular flexibility index (Phi) is 7.32. The predicted octanol–water partition coefficient (Wildman–Crippen LogP) is 2.49. The lowest BCUT2D eigenvalue weighted by Gasteiger charge is -2.22. The van der Waals surface area contributed by atoms with Crippen molar-refractivity contribution in [1.29, 1.82) is 0 Å². The third kappa shape index (κ3) is 4.93. The van der Waals surface area contributed by atoms with E-state index in [1.165, 1.54) is 0 Å². The number of nitrogens with zero attached hydrogens (tertiary/aromatic N) is 3. The number of fused-ring (bicyclic) bond motifs is 1. The van der Waals surface area contributed by atoms with Gasteiger partial charge in [-0.15, -0.1) is 0 Å². The Morgan fingerprint density at radius 2 is 1.73 bits per heavy atom. The number of benzene rings is 1. The van der Waals surface area contributed by atoms with Gasteiger partial charge in [-0.2, -0.15) is 0 Å². The molecule has 3 aromatic rings. The molecule has 0 aliphatic carbocycles. The molecule has 0 bridgehead atoms. The Morgan fingerprint density at radius 3 is 2.37 bits per heavy atom. The van der Waals surface area contributed by atoms with Gasteiger partial charge in [-0.05, 0) is 30.7 Å². The third-order valence-electron chi connectivity index (χ3n) is 4.96. The highest BCUT2D eigenvalue weighted by molar-refractivity contribution is 5.97. The zero-order valence-corrected chi connectivity index (χ0v) is 17.6. The average Bonchev–Trinajstić information content (AvgIpc) is 2.76. The minimum absolute atomic E-state index is 0.120. The highest BCUT2D eigenvalue weighted by Crippen LogP contribution is 2.15. The molecule has 1 aromatic carbocycles. The van der Waals surface area contributed by atoms with Crippen molar-refractivity contribution >= 4 is 16.9 Å². The van der Waals surface area contributed by atoms with Gasteiger partial charge in [0.15, 0.2) is 0 Å². The molecule has 1 amide bonds. The van der Waals surface area contributed by atoms with E-state index in [0.29, 0.717) is 38.5 Å². The zero-order chi connectivity index (χ0) is 21.5. The van der Waals surface area contributed by atoms with Gasteiger partial charge >= 0.3 is 0 Å². The van der Waals surface area contributed by atoms with Crippen LogP contribution in [0.1, 0.15) is 21.5 Å². The Labute approximate surface area is 175 Å². The van der Waals surface area contributed by atoms with Crippen LogP contribution in [0.5, 0.6) is 0 Å². The summed E-state index contributed by atoms with van der Waals surface area (Å²) in [7, 11) is 3.16. The fraction of sp³-hybridized carbons (Fsp3) is 0.348. The molecule has 0 atom stereocenters. The van der Waals surface area contributed by atoms with Gasteiger partial charge < -0.3 is 14.4 Å². The van der Waals surface area contributed by atoms with E-state index in [1.54, 1.807) is 42.0 Å². The number of hydrogen-bond donors (Lipinski definition) is 0. The molecule has 0 unspecified atom stereocenters. The number of aryl methyl sites for hydroxylation is 1. The van der Waals surface area contributed by atoms with Crippen molar-refractivity contribution in [3.63, 3.8) is 0 Å². The van der Waals surface area contributed by atoms with E-state index in [0.717, 1.165) is 16.5 Å². The number of ether oxygens (including phenoxy) is 2. The number of amides is 1. The standard InChI is InChI=1S/C23H27N3O4/c1-17-6-8-18(9-7-17)16-26-21-19(5-4-10-24-21)15-20(23(26)28)22(27)25(11-13-29-2)12-14-30-3/h4-10,15H,11-14,16H2,1-3H3. The molecule has 0 saturated heterocycles. The Morgan fingerprint density at radius 1 is 1.07 bits per heavy atom. The predicted molar refractivity (Wildman–Crippen MR) is 116 cm³/mol.